The van der Waals surface area contributed by atoms with Gasteiger partial charge in [-0.05, 0) is 84.8 Å². The average molecular weight is 485 g/mol. The van der Waals surface area contributed by atoms with E-state index in [1.807, 2.05) is 39.0 Å². The molecule has 1 saturated carbocycles. The number of aryl methyl sites for hydroxylation is 2. The van der Waals surface area contributed by atoms with E-state index in [1.54, 1.807) is 6.20 Å². The number of anilines is 2. The van der Waals surface area contributed by atoms with Crippen molar-refractivity contribution in [1.82, 2.24) is 4.98 Å². The molecule has 0 bridgehead atoms. The second-order valence-corrected chi connectivity index (χ2v) is 9.45. The summed E-state index contributed by atoms with van der Waals surface area (Å²) < 4.78 is 0. The molecule has 1 fully saturated rings. The molecule has 0 amide bonds. The number of carbonyl (C=O) groups excluding carboxylic acids is 1. The number of hydrogen-bond donors (Lipinski definition) is 1. The highest BCUT2D eigenvalue weighted by molar-refractivity contribution is 6.31. The van der Waals surface area contributed by atoms with Crippen LogP contribution in [0.5, 0.6) is 0 Å². The molecule has 0 unspecified atom stereocenters. The van der Waals surface area contributed by atoms with Crippen LogP contribution in [0.3, 0.4) is 0 Å². The highest BCUT2D eigenvalue weighted by atomic mass is 35.5. The molecule has 0 radical (unpaired) electrons. The highest BCUT2D eigenvalue weighted by Crippen LogP contribution is 2.39. The SMILES string of the molecule is CC.CCCc1cccc(Nc2c(C(=O)C3CC3)cnc3ccc(-c4cc(C)cc(Cl)c4)cc23)c1. The lowest BCUT2D eigenvalue weighted by atomic mass is 9.98. The summed E-state index contributed by atoms with van der Waals surface area (Å²) in [4.78, 5) is 17.8. The number of nitrogens with one attached hydrogen (secondary N) is 1. The number of Topliss-reactive ketones (excluding diaryl/α,β-unsaturated/α-hetero) is 1. The Morgan fingerprint density at radius 2 is 1.83 bits per heavy atom. The maximum atomic E-state index is 13.2. The zero-order valence-electron chi connectivity index (χ0n) is 21.0. The maximum Gasteiger partial charge on any atom is 0.169 e. The molecule has 3 aromatic carbocycles. The Morgan fingerprint density at radius 3 is 2.54 bits per heavy atom. The van der Waals surface area contributed by atoms with Crippen molar-refractivity contribution in [2.45, 2.75) is 53.4 Å². The number of hydrogen-bond acceptors (Lipinski definition) is 3. The average Bonchev–Trinajstić information content (AvgIpc) is 3.70. The van der Waals surface area contributed by atoms with Gasteiger partial charge in [-0.25, -0.2) is 0 Å². The number of pyridine rings is 1. The Kier molecular flexibility index (Phi) is 7.87. The molecule has 0 saturated heterocycles. The van der Waals surface area contributed by atoms with E-state index in [9.17, 15) is 4.79 Å². The van der Waals surface area contributed by atoms with Crippen molar-refractivity contribution in [2.75, 3.05) is 5.32 Å². The lowest BCUT2D eigenvalue weighted by molar-refractivity contribution is 0.0968. The normalized spacial score (nSPS) is 12.7. The third kappa shape index (κ3) is 5.74. The van der Waals surface area contributed by atoms with E-state index in [4.69, 9.17) is 11.6 Å². The van der Waals surface area contributed by atoms with E-state index in [0.717, 1.165) is 64.7 Å². The first-order valence-corrected chi connectivity index (χ1v) is 13.0. The van der Waals surface area contributed by atoms with Crippen molar-refractivity contribution in [1.29, 1.82) is 0 Å². The van der Waals surface area contributed by atoms with Gasteiger partial charge in [0.1, 0.15) is 0 Å². The van der Waals surface area contributed by atoms with Gasteiger partial charge in [-0.1, -0.05) is 63.1 Å². The van der Waals surface area contributed by atoms with Crippen molar-refractivity contribution in [2.24, 2.45) is 5.92 Å². The molecule has 4 heteroatoms. The van der Waals surface area contributed by atoms with Gasteiger partial charge in [0.15, 0.2) is 5.78 Å². The van der Waals surface area contributed by atoms with Gasteiger partial charge in [-0.15, -0.1) is 0 Å². The molecular weight excluding hydrogens is 452 g/mol. The summed E-state index contributed by atoms with van der Waals surface area (Å²) in [5.41, 5.74) is 7.85. The van der Waals surface area contributed by atoms with Crippen LogP contribution in [0.15, 0.2) is 66.9 Å². The molecular formula is C31H33ClN2O. The van der Waals surface area contributed by atoms with Crippen LogP contribution in [0.25, 0.3) is 22.0 Å². The Hall–Kier alpha value is -3.17. The number of benzene rings is 3. The number of aromatic nitrogens is 1. The zero-order chi connectivity index (χ0) is 24.9. The maximum absolute atomic E-state index is 13.2. The first kappa shape index (κ1) is 24.9. The van der Waals surface area contributed by atoms with Crippen LogP contribution in [0.2, 0.25) is 5.02 Å². The molecule has 3 nitrogen and oxygen atoms in total. The minimum Gasteiger partial charge on any atom is -0.354 e. The Morgan fingerprint density at radius 1 is 1.03 bits per heavy atom. The summed E-state index contributed by atoms with van der Waals surface area (Å²) in [6.45, 7) is 8.22. The molecule has 180 valence electrons. The molecule has 1 heterocycles. The predicted molar refractivity (Wildman–Crippen MR) is 149 cm³/mol. The Bertz CT molecular complexity index is 1340. The largest absolute Gasteiger partial charge is 0.354 e. The van der Waals surface area contributed by atoms with Gasteiger partial charge in [-0.2, -0.15) is 0 Å². The lowest BCUT2D eigenvalue weighted by Gasteiger charge is -2.16. The Balaban J connectivity index is 0.00000141. The predicted octanol–water partition coefficient (Wildman–Crippen LogP) is 9.18. The number of nitrogens with zero attached hydrogens (tertiary/aromatic N) is 1. The number of rotatable bonds is 7. The van der Waals surface area contributed by atoms with Gasteiger partial charge in [0.05, 0.1) is 16.8 Å². The van der Waals surface area contributed by atoms with Crippen molar-refractivity contribution in [3.8, 4) is 11.1 Å². The van der Waals surface area contributed by atoms with Crippen molar-refractivity contribution < 1.29 is 4.79 Å². The fourth-order valence-corrected chi connectivity index (χ4v) is 4.69. The van der Waals surface area contributed by atoms with Crippen molar-refractivity contribution >= 4 is 39.7 Å². The minimum absolute atomic E-state index is 0.120. The van der Waals surface area contributed by atoms with Gasteiger partial charge in [0, 0.05) is 28.2 Å². The van der Waals surface area contributed by atoms with Crippen LogP contribution < -0.4 is 5.32 Å². The second-order valence-electron chi connectivity index (χ2n) is 9.01. The van der Waals surface area contributed by atoms with Gasteiger partial charge in [0.25, 0.3) is 0 Å². The second kappa shape index (κ2) is 11.0. The lowest BCUT2D eigenvalue weighted by Crippen LogP contribution is -2.07. The van der Waals surface area contributed by atoms with E-state index in [-0.39, 0.29) is 11.7 Å². The monoisotopic (exact) mass is 484 g/mol. The molecule has 1 aromatic heterocycles. The summed E-state index contributed by atoms with van der Waals surface area (Å²) >= 11 is 6.34. The smallest absolute Gasteiger partial charge is 0.169 e. The summed E-state index contributed by atoms with van der Waals surface area (Å²) in [6, 6.07) is 20.7. The number of carbonyl (C=O) groups is 1. The van der Waals surface area contributed by atoms with Gasteiger partial charge in [0.2, 0.25) is 0 Å². The van der Waals surface area contributed by atoms with E-state index in [0.29, 0.717) is 10.6 Å². The number of ketones is 1. The third-order valence-electron chi connectivity index (χ3n) is 6.19. The molecule has 35 heavy (non-hydrogen) atoms. The molecule has 0 spiro atoms. The molecule has 0 aliphatic heterocycles. The van der Waals surface area contributed by atoms with Crippen LogP contribution in [0.1, 0.15) is 61.5 Å². The quantitative estimate of drug-likeness (QED) is 0.266. The van der Waals surface area contributed by atoms with Crippen LogP contribution in [-0.2, 0) is 6.42 Å². The molecule has 5 rings (SSSR count). The summed E-state index contributed by atoms with van der Waals surface area (Å²) in [6.07, 6.45) is 5.78. The molecule has 0 atom stereocenters. The molecule has 1 aliphatic carbocycles. The molecule has 1 N–H and O–H groups in total. The van der Waals surface area contributed by atoms with Crippen LogP contribution in [0, 0.1) is 12.8 Å². The van der Waals surface area contributed by atoms with Crippen molar-refractivity contribution in [3.05, 3.63) is 88.6 Å². The minimum atomic E-state index is 0.120. The summed E-state index contributed by atoms with van der Waals surface area (Å²) in [7, 11) is 0. The zero-order valence-corrected chi connectivity index (χ0v) is 21.7. The fraction of sp³-hybridized carbons (Fsp3) is 0.290. The summed E-state index contributed by atoms with van der Waals surface area (Å²) in [5, 5.41) is 5.25. The van der Waals surface area contributed by atoms with E-state index < -0.39 is 0 Å². The van der Waals surface area contributed by atoms with Crippen LogP contribution in [-0.4, -0.2) is 10.8 Å². The van der Waals surface area contributed by atoms with E-state index in [2.05, 4.69) is 59.7 Å². The van der Waals surface area contributed by atoms with E-state index in [1.165, 1.54) is 5.56 Å². The Labute approximate surface area is 213 Å². The van der Waals surface area contributed by atoms with Gasteiger partial charge in [-0.3, -0.25) is 9.78 Å². The summed E-state index contributed by atoms with van der Waals surface area (Å²) in [5.74, 6) is 0.301. The van der Waals surface area contributed by atoms with Crippen molar-refractivity contribution in [3.63, 3.8) is 0 Å². The fourth-order valence-electron chi connectivity index (χ4n) is 4.40. The van der Waals surface area contributed by atoms with Gasteiger partial charge < -0.3 is 5.32 Å². The van der Waals surface area contributed by atoms with E-state index >= 15 is 0 Å². The first-order chi connectivity index (χ1) is 17.0. The third-order valence-corrected chi connectivity index (χ3v) is 6.41. The topological polar surface area (TPSA) is 42.0 Å². The highest BCUT2D eigenvalue weighted by Gasteiger charge is 2.32. The van der Waals surface area contributed by atoms with Crippen LogP contribution in [0.4, 0.5) is 11.4 Å². The van der Waals surface area contributed by atoms with Crippen LogP contribution >= 0.6 is 11.6 Å². The number of halogens is 1. The first-order valence-electron chi connectivity index (χ1n) is 12.6. The standard InChI is InChI=1S/C29H27ClN2O.C2H6/c1-3-5-19-6-4-7-24(14-19)32-28-25-16-21(22-12-18(2)13-23(30)15-22)10-11-27(25)31-17-26(28)29(33)20-8-9-20;1-2/h4,6-7,10-17,20H,3,5,8-9H2,1-2H3,(H,31,32);1-2H3. The molecule has 4 aromatic rings. The molecule has 1 aliphatic rings. The number of fused-ring (bicyclic) bond motifs is 1. The van der Waals surface area contributed by atoms with Gasteiger partial charge >= 0.3 is 0 Å².